The van der Waals surface area contributed by atoms with Crippen LogP contribution in [0.25, 0.3) is 0 Å². The molecule has 0 spiro atoms. The molecule has 21 heavy (non-hydrogen) atoms. The number of hydrogen-bond acceptors (Lipinski definition) is 4. The lowest BCUT2D eigenvalue weighted by molar-refractivity contribution is 0.239. The van der Waals surface area contributed by atoms with E-state index in [-0.39, 0.29) is 6.04 Å². The fraction of sp³-hybridized carbons (Fsp3) is 0.500. The van der Waals surface area contributed by atoms with Gasteiger partial charge in [0, 0.05) is 36.6 Å². The van der Waals surface area contributed by atoms with Crippen molar-refractivity contribution in [2.24, 2.45) is 5.73 Å². The number of likely N-dealkylation sites (N-methyl/N-ethyl adjacent to an activating group) is 1. The predicted octanol–water partition coefficient (Wildman–Crippen LogP) is 2.30. The van der Waals surface area contributed by atoms with Gasteiger partial charge in [0.1, 0.15) is 0 Å². The maximum Gasteiger partial charge on any atom is 0.0547 e. The van der Waals surface area contributed by atoms with E-state index in [0.29, 0.717) is 12.6 Å². The van der Waals surface area contributed by atoms with Crippen LogP contribution < -0.4 is 5.73 Å². The summed E-state index contributed by atoms with van der Waals surface area (Å²) in [6.07, 6.45) is 4.00. The van der Waals surface area contributed by atoms with Crippen LogP contribution in [0.1, 0.15) is 42.9 Å². The number of aryl methyl sites for hydroxylation is 1. The molecule has 1 unspecified atom stereocenters. The van der Waals surface area contributed by atoms with Gasteiger partial charge in [0.25, 0.3) is 0 Å². The first-order valence-corrected chi connectivity index (χ1v) is 7.38. The van der Waals surface area contributed by atoms with Crippen LogP contribution in [0.15, 0.2) is 30.6 Å². The largest absolute Gasteiger partial charge is 0.329 e. The van der Waals surface area contributed by atoms with Crippen LogP contribution in [0.3, 0.4) is 0 Å². The first kappa shape index (κ1) is 15.7. The molecule has 5 nitrogen and oxygen atoms in total. The lowest BCUT2D eigenvalue weighted by Gasteiger charge is -2.25. The fourth-order valence-corrected chi connectivity index (χ4v) is 2.43. The first-order valence-electron chi connectivity index (χ1n) is 7.38. The molecule has 2 aromatic rings. The summed E-state index contributed by atoms with van der Waals surface area (Å²) in [6, 6.07) is 6.62. The Labute approximate surface area is 126 Å². The Balaban J connectivity index is 2.12. The van der Waals surface area contributed by atoms with Crippen LogP contribution in [0.5, 0.6) is 0 Å². The highest BCUT2D eigenvalue weighted by Gasteiger charge is 2.18. The van der Waals surface area contributed by atoms with Gasteiger partial charge in [-0.3, -0.25) is 14.6 Å². The highest BCUT2D eigenvalue weighted by atomic mass is 15.3. The molecule has 0 bridgehead atoms. The zero-order valence-electron chi connectivity index (χ0n) is 13.3. The van der Waals surface area contributed by atoms with Crippen LogP contribution in [0, 0.1) is 6.92 Å². The van der Waals surface area contributed by atoms with Gasteiger partial charge in [-0.25, -0.2) is 0 Å². The minimum Gasteiger partial charge on any atom is -0.329 e. The van der Waals surface area contributed by atoms with Gasteiger partial charge in [0.05, 0.1) is 17.9 Å². The third-order valence-corrected chi connectivity index (χ3v) is 3.65. The highest BCUT2D eigenvalue weighted by molar-refractivity contribution is 5.14. The number of pyridine rings is 1. The summed E-state index contributed by atoms with van der Waals surface area (Å²) in [5, 5.41) is 4.41. The molecule has 114 valence electrons. The Morgan fingerprint density at radius 1 is 1.33 bits per heavy atom. The van der Waals surface area contributed by atoms with Gasteiger partial charge in [0.2, 0.25) is 0 Å². The first-order chi connectivity index (χ1) is 10.0. The predicted molar refractivity (Wildman–Crippen MR) is 84.8 cm³/mol. The summed E-state index contributed by atoms with van der Waals surface area (Å²) in [4.78, 5) is 6.78. The van der Waals surface area contributed by atoms with Crippen molar-refractivity contribution in [2.75, 3.05) is 13.6 Å². The number of rotatable bonds is 6. The van der Waals surface area contributed by atoms with Gasteiger partial charge < -0.3 is 5.73 Å². The SMILES string of the molecule is Cc1cccc(CN(C)C(CN)c2cnn(C(C)C)c2)n1. The Bertz CT molecular complexity index is 576. The van der Waals surface area contributed by atoms with Crippen LogP contribution in [0.2, 0.25) is 0 Å². The molecule has 0 radical (unpaired) electrons. The van der Waals surface area contributed by atoms with E-state index in [1.165, 1.54) is 0 Å². The van der Waals surface area contributed by atoms with Crippen molar-refractivity contribution in [3.8, 4) is 0 Å². The Morgan fingerprint density at radius 2 is 2.10 bits per heavy atom. The molecule has 0 saturated heterocycles. The topological polar surface area (TPSA) is 60.0 Å². The average Bonchev–Trinajstić information content (AvgIpc) is 2.89. The van der Waals surface area contributed by atoms with E-state index in [4.69, 9.17) is 5.73 Å². The van der Waals surface area contributed by atoms with Crippen molar-refractivity contribution in [2.45, 2.75) is 39.4 Å². The van der Waals surface area contributed by atoms with Crippen molar-refractivity contribution in [1.82, 2.24) is 19.7 Å². The van der Waals surface area contributed by atoms with Crippen molar-refractivity contribution in [3.05, 3.63) is 47.5 Å². The van der Waals surface area contributed by atoms with E-state index in [9.17, 15) is 0 Å². The molecular formula is C16H25N5. The second-order valence-electron chi connectivity index (χ2n) is 5.78. The molecule has 1 atom stereocenters. The maximum atomic E-state index is 5.98. The molecule has 2 N–H and O–H groups in total. The van der Waals surface area contributed by atoms with Crippen molar-refractivity contribution >= 4 is 0 Å². The van der Waals surface area contributed by atoms with Crippen LogP contribution in [-0.4, -0.2) is 33.3 Å². The van der Waals surface area contributed by atoms with Gasteiger partial charge in [-0.1, -0.05) is 6.07 Å². The summed E-state index contributed by atoms with van der Waals surface area (Å²) in [7, 11) is 2.08. The lowest BCUT2D eigenvalue weighted by atomic mass is 10.1. The summed E-state index contributed by atoms with van der Waals surface area (Å²) < 4.78 is 1.97. The molecule has 0 saturated carbocycles. The van der Waals surface area contributed by atoms with E-state index in [1.807, 2.05) is 29.9 Å². The molecule has 2 heterocycles. The minimum atomic E-state index is 0.153. The van der Waals surface area contributed by atoms with Crippen molar-refractivity contribution < 1.29 is 0 Å². The van der Waals surface area contributed by atoms with E-state index in [0.717, 1.165) is 23.5 Å². The van der Waals surface area contributed by atoms with Crippen molar-refractivity contribution in [3.63, 3.8) is 0 Å². The lowest BCUT2D eigenvalue weighted by Crippen LogP contribution is -2.30. The molecule has 0 amide bonds. The highest BCUT2D eigenvalue weighted by Crippen LogP contribution is 2.20. The van der Waals surface area contributed by atoms with E-state index >= 15 is 0 Å². The molecule has 0 aliphatic heterocycles. The fourth-order valence-electron chi connectivity index (χ4n) is 2.43. The Morgan fingerprint density at radius 3 is 2.67 bits per heavy atom. The van der Waals surface area contributed by atoms with Crippen molar-refractivity contribution in [1.29, 1.82) is 0 Å². The quantitative estimate of drug-likeness (QED) is 0.885. The number of hydrogen-bond donors (Lipinski definition) is 1. The minimum absolute atomic E-state index is 0.153. The second-order valence-corrected chi connectivity index (χ2v) is 5.78. The zero-order chi connectivity index (χ0) is 15.4. The van der Waals surface area contributed by atoms with Crippen LogP contribution >= 0.6 is 0 Å². The molecular weight excluding hydrogens is 262 g/mol. The molecule has 2 aromatic heterocycles. The second kappa shape index (κ2) is 6.83. The number of nitrogens with two attached hydrogens (primary N) is 1. The molecule has 0 aliphatic carbocycles. The molecule has 0 aromatic carbocycles. The van der Waals surface area contributed by atoms with E-state index in [1.54, 1.807) is 0 Å². The zero-order valence-corrected chi connectivity index (χ0v) is 13.3. The standard InChI is InChI=1S/C16H25N5/c1-12(2)21-10-14(9-18-21)16(8-17)20(4)11-15-7-5-6-13(3)19-15/h5-7,9-10,12,16H,8,11,17H2,1-4H3. The van der Waals surface area contributed by atoms with Gasteiger partial charge in [-0.05, 0) is 40.0 Å². The molecule has 5 heteroatoms. The van der Waals surface area contributed by atoms with Gasteiger partial charge in [-0.2, -0.15) is 5.10 Å². The average molecular weight is 287 g/mol. The third kappa shape index (κ3) is 3.89. The van der Waals surface area contributed by atoms with Crippen LogP contribution in [-0.2, 0) is 6.54 Å². The summed E-state index contributed by atoms with van der Waals surface area (Å²) >= 11 is 0. The maximum absolute atomic E-state index is 5.98. The summed E-state index contributed by atoms with van der Waals surface area (Å²) in [5.74, 6) is 0. The van der Waals surface area contributed by atoms with Gasteiger partial charge in [-0.15, -0.1) is 0 Å². The monoisotopic (exact) mass is 287 g/mol. The summed E-state index contributed by atoms with van der Waals surface area (Å²) in [6.45, 7) is 7.59. The smallest absolute Gasteiger partial charge is 0.0547 e. The summed E-state index contributed by atoms with van der Waals surface area (Å²) in [5.41, 5.74) is 9.23. The normalized spacial score (nSPS) is 13.1. The van der Waals surface area contributed by atoms with Gasteiger partial charge >= 0.3 is 0 Å². The van der Waals surface area contributed by atoms with E-state index in [2.05, 4.69) is 48.1 Å². The Kier molecular flexibility index (Phi) is 5.09. The number of nitrogens with zero attached hydrogens (tertiary/aromatic N) is 4. The van der Waals surface area contributed by atoms with Gasteiger partial charge in [0.15, 0.2) is 0 Å². The molecule has 0 fully saturated rings. The van der Waals surface area contributed by atoms with E-state index < -0.39 is 0 Å². The van der Waals surface area contributed by atoms with Crippen LogP contribution in [0.4, 0.5) is 0 Å². The third-order valence-electron chi connectivity index (χ3n) is 3.65. The molecule has 2 rings (SSSR count). The number of aromatic nitrogens is 3. The Hall–Kier alpha value is -1.72. The molecule has 0 aliphatic rings.